The van der Waals surface area contributed by atoms with Gasteiger partial charge in [0.15, 0.2) is 0 Å². The molecule has 164 valence electrons. The molecule has 3 saturated carbocycles. The third-order valence-electron chi connectivity index (χ3n) is 7.68. The smallest absolute Gasteiger partial charge is 0.0582 e. The fraction of sp³-hybridized carbons (Fsp3) is 1.00. The van der Waals surface area contributed by atoms with Crippen LogP contribution in [0, 0.1) is 17.3 Å². The molecule has 0 aromatic rings. The van der Waals surface area contributed by atoms with Crippen molar-refractivity contribution in [2.75, 3.05) is 19.8 Å². The van der Waals surface area contributed by atoms with Gasteiger partial charge in [-0.3, -0.25) is 0 Å². The molecule has 3 fully saturated rings. The van der Waals surface area contributed by atoms with Crippen molar-refractivity contribution in [2.45, 2.75) is 123 Å². The van der Waals surface area contributed by atoms with E-state index in [1.165, 1.54) is 83.5 Å². The molecule has 3 rings (SSSR count). The number of hydrogen-bond acceptors (Lipinski definition) is 3. The quantitative estimate of drug-likeness (QED) is 0.445. The number of hydrogen-bond donors (Lipinski definition) is 0. The molecule has 0 spiro atoms. The van der Waals surface area contributed by atoms with E-state index in [0.29, 0.717) is 24.2 Å². The van der Waals surface area contributed by atoms with Gasteiger partial charge in [-0.2, -0.15) is 0 Å². The second-order valence-corrected chi connectivity index (χ2v) is 10.5. The molecule has 0 aliphatic heterocycles. The van der Waals surface area contributed by atoms with Gasteiger partial charge in [0, 0.05) is 13.2 Å². The summed E-state index contributed by atoms with van der Waals surface area (Å²) in [4.78, 5) is 0. The molecular weight excluding hydrogens is 348 g/mol. The number of rotatable bonds is 9. The zero-order chi connectivity index (χ0) is 19.8. The van der Waals surface area contributed by atoms with E-state index < -0.39 is 0 Å². The maximum absolute atomic E-state index is 6.47. The summed E-state index contributed by atoms with van der Waals surface area (Å²) in [7, 11) is 0. The lowest BCUT2D eigenvalue weighted by Gasteiger charge is -2.39. The van der Waals surface area contributed by atoms with Crippen molar-refractivity contribution in [3.63, 3.8) is 0 Å². The Labute approximate surface area is 174 Å². The molecule has 0 amide bonds. The molecule has 3 nitrogen and oxygen atoms in total. The first-order valence-electron chi connectivity index (χ1n) is 12.4. The van der Waals surface area contributed by atoms with Crippen LogP contribution in [0.15, 0.2) is 0 Å². The van der Waals surface area contributed by atoms with E-state index >= 15 is 0 Å². The average molecular weight is 395 g/mol. The van der Waals surface area contributed by atoms with E-state index in [1.54, 1.807) is 0 Å². The Kier molecular flexibility index (Phi) is 9.12. The van der Waals surface area contributed by atoms with Crippen molar-refractivity contribution in [2.24, 2.45) is 17.3 Å². The lowest BCUT2D eigenvalue weighted by molar-refractivity contribution is -0.0696. The van der Waals surface area contributed by atoms with Crippen LogP contribution in [-0.2, 0) is 14.2 Å². The summed E-state index contributed by atoms with van der Waals surface area (Å²) < 4.78 is 18.6. The second-order valence-electron chi connectivity index (χ2n) is 10.5. The molecule has 28 heavy (non-hydrogen) atoms. The van der Waals surface area contributed by atoms with Crippen LogP contribution < -0.4 is 0 Å². The zero-order valence-corrected chi connectivity index (χ0v) is 18.9. The van der Waals surface area contributed by atoms with Gasteiger partial charge < -0.3 is 14.2 Å². The first kappa shape index (κ1) is 22.6. The van der Waals surface area contributed by atoms with Crippen LogP contribution in [0.5, 0.6) is 0 Å². The van der Waals surface area contributed by atoms with Gasteiger partial charge in [-0.15, -0.1) is 0 Å². The average Bonchev–Trinajstić information content (AvgIpc) is 2.70. The molecule has 0 bridgehead atoms. The Hall–Kier alpha value is -0.120. The van der Waals surface area contributed by atoms with Crippen molar-refractivity contribution >= 4 is 0 Å². The van der Waals surface area contributed by atoms with Gasteiger partial charge in [-0.1, -0.05) is 39.5 Å². The molecule has 0 saturated heterocycles. The normalized spacial score (nSPS) is 33.1. The maximum atomic E-state index is 6.47. The second kappa shape index (κ2) is 11.3. The lowest BCUT2D eigenvalue weighted by Crippen LogP contribution is -2.35. The minimum Gasteiger partial charge on any atom is -0.381 e. The van der Waals surface area contributed by atoms with E-state index in [0.717, 1.165) is 25.7 Å². The summed E-state index contributed by atoms with van der Waals surface area (Å²) in [6, 6.07) is 0. The maximum Gasteiger partial charge on any atom is 0.0582 e. The molecule has 0 aromatic carbocycles. The van der Waals surface area contributed by atoms with Crippen LogP contribution in [0.2, 0.25) is 0 Å². The Bertz CT molecular complexity index is 422. The molecule has 3 heteroatoms. The van der Waals surface area contributed by atoms with Gasteiger partial charge in [0.2, 0.25) is 0 Å². The monoisotopic (exact) mass is 394 g/mol. The first-order valence-corrected chi connectivity index (χ1v) is 12.4. The lowest BCUT2D eigenvalue weighted by atomic mass is 9.71. The molecule has 0 radical (unpaired) electrons. The van der Waals surface area contributed by atoms with Gasteiger partial charge in [-0.25, -0.2) is 0 Å². The fourth-order valence-corrected chi connectivity index (χ4v) is 5.84. The molecule has 0 aromatic heterocycles. The van der Waals surface area contributed by atoms with Crippen molar-refractivity contribution in [3.05, 3.63) is 0 Å². The highest BCUT2D eigenvalue weighted by molar-refractivity contribution is 4.84. The van der Waals surface area contributed by atoms with Crippen molar-refractivity contribution in [3.8, 4) is 0 Å². The van der Waals surface area contributed by atoms with Gasteiger partial charge >= 0.3 is 0 Å². The third-order valence-corrected chi connectivity index (χ3v) is 7.68. The minimum atomic E-state index is 0.282. The van der Waals surface area contributed by atoms with Crippen LogP contribution in [0.25, 0.3) is 0 Å². The van der Waals surface area contributed by atoms with Crippen LogP contribution in [0.4, 0.5) is 0 Å². The molecular formula is C25H46O3. The van der Waals surface area contributed by atoms with Gasteiger partial charge in [0.1, 0.15) is 0 Å². The van der Waals surface area contributed by atoms with Crippen molar-refractivity contribution in [1.82, 2.24) is 0 Å². The van der Waals surface area contributed by atoms with Crippen molar-refractivity contribution in [1.29, 1.82) is 0 Å². The molecule has 0 N–H and O–H groups in total. The molecule has 0 heterocycles. The van der Waals surface area contributed by atoms with Gasteiger partial charge in [0.05, 0.1) is 24.9 Å². The Balaban J connectivity index is 1.34. The first-order chi connectivity index (χ1) is 13.6. The van der Waals surface area contributed by atoms with E-state index in [-0.39, 0.29) is 5.41 Å². The van der Waals surface area contributed by atoms with E-state index in [4.69, 9.17) is 14.2 Å². The molecule has 3 aliphatic carbocycles. The summed E-state index contributed by atoms with van der Waals surface area (Å²) in [5, 5.41) is 0. The summed E-state index contributed by atoms with van der Waals surface area (Å²) in [6.45, 7) is 9.63. The van der Waals surface area contributed by atoms with Crippen LogP contribution in [-0.4, -0.2) is 38.1 Å². The highest BCUT2D eigenvalue weighted by atomic mass is 16.5. The van der Waals surface area contributed by atoms with Gasteiger partial charge in [-0.05, 0) is 82.0 Å². The predicted octanol–water partition coefficient (Wildman–Crippen LogP) is 6.53. The Morgan fingerprint density at radius 2 is 1.46 bits per heavy atom. The van der Waals surface area contributed by atoms with Crippen LogP contribution in [0.3, 0.4) is 0 Å². The van der Waals surface area contributed by atoms with Crippen LogP contribution >= 0.6 is 0 Å². The zero-order valence-electron chi connectivity index (χ0n) is 18.9. The minimum absolute atomic E-state index is 0.282. The number of ether oxygens (including phenoxy) is 3. The highest BCUT2D eigenvalue weighted by Gasteiger charge is 2.34. The predicted molar refractivity (Wildman–Crippen MR) is 116 cm³/mol. The SMILES string of the molecule is CCOC1CCC(C(C)(C)COCC2CCCC(OC3CCCCC3)C2)CC1. The third kappa shape index (κ3) is 6.99. The standard InChI is InChI=1S/C25H46O3/c1-4-27-22-15-13-21(14-16-22)25(2,3)19-26-18-20-9-8-12-24(17-20)28-23-10-6-5-7-11-23/h20-24H,4-19H2,1-3H3. The van der Waals surface area contributed by atoms with Crippen LogP contribution in [0.1, 0.15) is 104 Å². The Morgan fingerprint density at radius 3 is 2.18 bits per heavy atom. The molecule has 2 atom stereocenters. The Morgan fingerprint density at radius 1 is 0.750 bits per heavy atom. The molecule has 2 unspecified atom stereocenters. The largest absolute Gasteiger partial charge is 0.381 e. The van der Waals surface area contributed by atoms with Gasteiger partial charge in [0.25, 0.3) is 0 Å². The summed E-state index contributed by atoms with van der Waals surface area (Å²) in [6.07, 6.45) is 18.4. The summed E-state index contributed by atoms with van der Waals surface area (Å²) >= 11 is 0. The molecule has 3 aliphatic rings. The fourth-order valence-electron chi connectivity index (χ4n) is 5.84. The summed E-state index contributed by atoms with van der Waals surface area (Å²) in [5.41, 5.74) is 0.282. The van der Waals surface area contributed by atoms with Crippen molar-refractivity contribution < 1.29 is 14.2 Å². The summed E-state index contributed by atoms with van der Waals surface area (Å²) in [5.74, 6) is 1.48. The van der Waals surface area contributed by atoms with E-state index in [9.17, 15) is 0 Å². The van der Waals surface area contributed by atoms with E-state index in [2.05, 4.69) is 20.8 Å². The topological polar surface area (TPSA) is 27.7 Å². The van der Waals surface area contributed by atoms with E-state index in [1.807, 2.05) is 0 Å². The highest BCUT2D eigenvalue weighted by Crippen LogP contribution is 2.39.